The van der Waals surface area contributed by atoms with Crippen LogP contribution in [0.15, 0.2) is 41.3 Å². The van der Waals surface area contributed by atoms with Crippen LogP contribution in [-0.4, -0.2) is 44.7 Å². The Morgan fingerprint density at radius 3 is 2.67 bits per heavy atom. The fourth-order valence-corrected chi connectivity index (χ4v) is 2.60. The van der Waals surface area contributed by atoms with Crippen molar-refractivity contribution in [2.24, 2.45) is 0 Å². The Kier molecular flexibility index (Phi) is 5.60. The Morgan fingerprint density at radius 2 is 1.93 bits per heavy atom. The van der Waals surface area contributed by atoms with Crippen LogP contribution in [0.25, 0.3) is 16.7 Å². The number of hydrogen-bond donors (Lipinski definition) is 3. The fraction of sp³-hybridized carbons (Fsp3) is 0.278. The minimum atomic E-state index is -0.306. The summed E-state index contributed by atoms with van der Waals surface area (Å²) < 4.78 is 1.59. The van der Waals surface area contributed by atoms with Gasteiger partial charge in [-0.1, -0.05) is 18.2 Å². The summed E-state index contributed by atoms with van der Waals surface area (Å²) in [5, 5.41) is 9.75. The van der Waals surface area contributed by atoms with Gasteiger partial charge in [-0.25, -0.2) is 9.67 Å². The predicted molar refractivity (Wildman–Crippen MR) is 99.5 cm³/mol. The maximum atomic E-state index is 12.3. The van der Waals surface area contributed by atoms with Crippen LogP contribution in [0.4, 0.5) is 0 Å². The van der Waals surface area contributed by atoms with E-state index in [-0.39, 0.29) is 36.8 Å². The van der Waals surface area contributed by atoms with Crippen molar-refractivity contribution in [1.82, 2.24) is 30.4 Å². The van der Waals surface area contributed by atoms with E-state index in [1.807, 2.05) is 30.3 Å². The smallest absolute Gasteiger partial charge is 0.262 e. The molecule has 0 unspecified atom stereocenters. The molecule has 3 rings (SSSR count). The fourth-order valence-electron chi connectivity index (χ4n) is 2.60. The van der Waals surface area contributed by atoms with Crippen LogP contribution in [0.1, 0.15) is 19.2 Å². The van der Waals surface area contributed by atoms with E-state index < -0.39 is 0 Å². The van der Waals surface area contributed by atoms with Crippen LogP contribution < -0.4 is 16.2 Å². The number of carbonyl (C=O) groups is 2. The molecule has 140 valence electrons. The Labute approximate surface area is 154 Å². The summed E-state index contributed by atoms with van der Waals surface area (Å²) in [5.74, 6) is -0.149. The standard InChI is InChI=1S/C18H20N6O3/c1-2-19-16(26)11-20-15(25)9-8-14-22-17-13(18(27)23-14)10-21-24(17)12-6-4-3-5-7-12/h3-7,10H,2,8-9,11H2,1H3,(H,19,26)(H,20,25)(H,22,23,27). The maximum absolute atomic E-state index is 12.3. The summed E-state index contributed by atoms with van der Waals surface area (Å²) in [6.07, 6.45) is 1.82. The number of aryl methyl sites for hydroxylation is 1. The zero-order valence-corrected chi connectivity index (χ0v) is 14.9. The van der Waals surface area contributed by atoms with E-state index in [0.29, 0.717) is 23.4 Å². The number of para-hydroxylation sites is 1. The van der Waals surface area contributed by atoms with Crippen molar-refractivity contribution < 1.29 is 9.59 Å². The first-order valence-electron chi connectivity index (χ1n) is 8.64. The molecule has 0 aliphatic rings. The van der Waals surface area contributed by atoms with Gasteiger partial charge in [-0.15, -0.1) is 0 Å². The maximum Gasteiger partial charge on any atom is 0.262 e. The molecule has 1 aromatic carbocycles. The molecule has 0 fully saturated rings. The molecule has 0 radical (unpaired) electrons. The van der Waals surface area contributed by atoms with E-state index in [4.69, 9.17) is 0 Å². The van der Waals surface area contributed by atoms with E-state index in [0.717, 1.165) is 5.69 Å². The summed E-state index contributed by atoms with van der Waals surface area (Å²) in [7, 11) is 0. The number of aromatic nitrogens is 4. The highest BCUT2D eigenvalue weighted by Crippen LogP contribution is 2.13. The van der Waals surface area contributed by atoms with Crippen molar-refractivity contribution in [3.63, 3.8) is 0 Å². The van der Waals surface area contributed by atoms with Crippen LogP contribution in [0.2, 0.25) is 0 Å². The molecule has 0 aliphatic heterocycles. The molecule has 0 aliphatic carbocycles. The van der Waals surface area contributed by atoms with E-state index in [9.17, 15) is 14.4 Å². The van der Waals surface area contributed by atoms with E-state index >= 15 is 0 Å². The van der Waals surface area contributed by atoms with Crippen molar-refractivity contribution in [1.29, 1.82) is 0 Å². The van der Waals surface area contributed by atoms with Crippen molar-refractivity contribution >= 4 is 22.8 Å². The number of hydrogen-bond acceptors (Lipinski definition) is 5. The van der Waals surface area contributed by atoms with E-state index in [2.05, 4.69) is 25.7 Å². The van der Waals surface area contributed by atoms with Crippen LogP contribution in [-0.2, 0) is 16.0 Å². The lowest BCUT2D eigenvalue weighted by Crippen LogP contribution is -2.36. The monoisotopic (exact) mass is 368 g/mol. The van der Waals surface area contributed by atoms with E-state index in [1.165, 1.54) is 6.20 Å². The number of fused-ring (bicyclic) bond motifs is 1. The first-order valence-corrected chi connectivity index (χ1v) is 8.64. The molecule has 2 heterocycles. The number of amides is 2. The van der Waals surface area contributed by atoms with Crippen LogP contribution in [0.5, 0.6) is 0 Å². The highest BCUT2D eigenvalue weighted by Gasteiger charge is 2.12. The summed E-state index contributed by atoms with van der Waals surface area (Å²) in [4.78, 5) is 42.6. The number of aromatic amines is 1. The molecule has 0 spiro atoms. The second-order valence-corrected chi connectivity index (χ2v) is 5.87. The molecule has 0 bridgehead atoms. The predicted octanol–water partition coefficient (Wildman–Crippen LogP) is 0.294. The van der Waals surface area contributed by atoms with Crippen LogP contribution in [0, 0.1) is 0 Å². The summed E-state index contributed by atoms with van der Waals surface area (Å²) >= 11 is 0. The molecule has 2 amide bonds. The van der Waals surface area contributed by atoms with Crippen LogP contribution in [0.3, 0.4) is 0 Å². The number of H-pyrrole nitrogens is 1. The molecule has 3 aromatic rings. The molecule has 27 heavy (non-hydrogen) atoms. The number of likely N-dealkylation sites (N-methyl/N-ethyl adjacent to an activating group) is 1. The first-order chi connectivity index (χ1) is 13.1. The first kappa shape index (κ1) is 18.3. The van der Waals surface area contributed by atoms with Gasteiger partial charge in [0.25, 0.3) is 5.56 Å². The topological polar surface area (TPSA) is 122 Å². The molecule has 9 heteroatoms. The minimum absolute atomic E-state index is 0.0730. The second-order valence-electron chi connectivity index (χ2n) is 5.87. The van der Waals surface area contributed by atoms with Gasteiger partial charge in [0.15, 0.2) is 5.65 Å². The van der Waals surface area contributed by atoms with Gasteiger partial charge in [0, 0.05) is 19.4 Å². The summed E-state index contributed by atoms with van der Waals surface area (Å²) in [6, 6.07) is 9.36. The molecule has 2 aromatic heterocycles. The molecule has 0 atom stereocenters. The van der Waals surface area contributed by atoms with Gasteiger partial charge in [0.05, 0.1) is 18.4 Å². The Balaban J connectivity index is 1.73. The SMILES string of the molecule is CCNC(=O)CNC(=O)CCc1nc2c(cnn2-c2ccccc2)c(=O)[nH]1. The number of carbonyl (C=O) groups excluding carboxylic acids is 2. The number of nitrogens with one attached hydrogen (secondary N) is 3. The zero-order chi connectivity index (χ0) is 19.2. The number of rotatable bonds is 7. The average Bonchev–Trinajstić information content (AvgIpc) is 3.10. The zero-order valence-electron chi connectivity index (χ0n) is 14.9. The molecule has 9 nitrogen and oxygen atoms in total. The van der Waals surface area contributed by atoms with E-state index in [1.54, 1.807) is 11.6 Å². The molecular weight excluding hydrogens is 348 g/mol. The third kappa shape index (κ3) is 4.38. The van der Waals surface area contributed by atoms with Crippen molar-refractivity contribution in [2.45, 2.75) is 19.8 Å². The number of benzene rings is 1. The summed E-state index contributed by atoms with van der Waals surface area (Å²) in [6.45, 7) is 2.24. The quantitative estimate of drug-likeness (QED) is 0.553. The van der Waals surface area contributed by atoms with Gasteiger partial charge in [0.2, 0.25) is 11.8 Å². The largest absolute Gasteiger partial charge is 0.355 e. The van der Waals surface area contributed by atoms with Gasteiger partial charge in [-0.05, 0) is 19.1 Å². The van der Waals surface area contributed by atoms with Gasteiger partial charge in [-0.2, -0.15) is 5.10 Å². The molecular formula is C18H20N6O3. The lowest BCUT2D eigenvalue weighted by molar-refractivity contribution is -0.126. The lowest BCUT2D eigenvalue weighted by Gasteiger charge is -2.06. The van der Waals surface area contributed by atoms with Gasteiger partial charge < -0.3 is 15.6 Å². The van der Waals surface area contributed by atoms with Crippen molar-refractivity contribution in [2.75, 3.05) is 13.1 Å². The Bertz CT molecular complexity index is 1010. The lowest BCUT2D eigenvalue weighted by atomic mass is 10.2. The Hall–Kier alpha value is -3.49. The van der Waals surface area contributed by atoms with Crippen LogP contribution >= 0.6 is 0 Å². The molecule has 0 saturated carbocycles. The highest BCUT2D eigenvalue weighted by atomic mass is 16.2. The van der Waals surface area contributed by atoms with Gasteiger partial charge in [0.1, 0.15) is 11.2 Å². The normalized spacial score (nSPS) is 10.7. The minimum Gasteiger partial charge on any atom is -0.355 e. The van der Waals surface area contributed by atoms with Gasteiger partial charge >= 0.3 is 0 Å². The van der Waals surface area contributed by atoms with Gasteiger partial charge in [-0.3, -0.25) is 14.4 Å². The Morgan fingerprint density at radius 1 is 1.15 bits per heavy atom. The summed E-state index contributed by atoms with van der Waals surface area (Å²) in [5.41, 5.74) is 0.916. The molecule has 0 saturated heterocycles. The average molecular weight is 368 g/mol. The van der Waals surface area contributed by atoms with Crippen molar-refractivity contribution in [3.05, 3.63) is 52.7 Å². The third-order valence-electron chi connectivity index (χ3n) is 3.90. The highest BCUT2D eigenvalue weighted by molar-refractivity contribution is 5.84. The molecule has 3 N–H and O–H groups in total. The van der Waals surface area contributed by atoms with Crippen molar-refractivity contribution in [3.8, 4) is 5.69 Å². The number of nitrogens with zero attached hydrogens (tertiary/aromatic N) is 3. The third-order valence-corrected chi connectivity index (χ3v) is 3.90. The second kappa shape index (κ2) is 8.26.